The van der Waals surface area contributed by atoms with E-state index < -0.39 is 0 Å². The summed E-state index contributed by atoms with van der Waals surface area (Å²) in [6, 6.07) is 11.6. The van der Waals surface area contributed by atoms with Gasteiger partial charge in [0.15, 0.2) is 5.82 Å². The van der Waals surface area contributed by atoms with Crippen molar-refractivity contribution in [3.63, 3.8) is 0 Å². The Bertz CT molecular complexity index is 964. The first-order valence-corrected chi connectivity index (χ1v) is 9.99. The molecular weight excluding hydrogens is 378 g/mol. The Morgan fingerprint density at radius 1 is 1.15 bits per heavy atom. The normalized spacial score (nSPS) is 17.9. The standard InChI is InChI=1S/C20H22ClN5S/c1-15-3-2-12-24(13-15)14-25-20(27)26(18-6-4-17(21)5-7-18)19(23-25)16-8-10-22-11-9-16/h4-11,15H,2-3,12-14H2,1H3/t15-/m1/s1. The number of benzene rings is 1. The van der Waals surface area contributed by atoms with Crippen LogP contribution in [-0.2, 0) is 6.67 Å². The number of hydrogen-bond donors (Lipinski definition) is 0. The van der Waals surface area contributed by atoms with Gasteiger partial charge < -0.3 is 0 Å². The third-order valence-corrected chi connectivity index (χ3v) is 5.58. The predicted molar refractivity (Wildman–Crippen MR) is 111 cm³/mol. The van der Waals surface area contributed by atoms with Crippen molar-refractivity contribution in [1.82, 2.24) is 24.2 Å². The van der Waals surface area contributed by atoms with Crippen LogP contribution in [0, 0.1) is 10.7 Å². The van der Waals surface area contributed by atoms with E-state index in [4.69, 9.17) is 28.9 Å². The minimum atomic E-state index is 0.683. The molecule has 0 unspecified atom stereocenters. The lowest BCUT2D eigenvalue weighted by Gasteiger charge is -2.30. The van der Waals surface area contributed by atoms with Crippen LogP contribution in [0.2, 0.25) is 5.02 Å². The number of pyridine rings is 1. The largest absolute Gasteiger partial charge is 0.284 e. The summed E-state index contributed by atoms with van der Waals surface area (Å²) in [4.78, 5) is 6.55. The summed E-state index contributed by atoms with van der Waals surface area (Å²) >= 11 is 11.9. The topological polar surface area (TPSA) is 38.9 Å². The fraction of sp³-hybridized carbons (Fsp3) is 0.350. The predicted octanol–water partition coefficient (Wildman–Crippen LogP) is 4.81. The van der Waals surface area contributed by atoms with Crippen LogP contribution >= 0.6 is 23.8 Å². The van der Waals surface area contributed by atoms with Crippen LogP contribution in [0.1, 0.15) is 19.8 Å². The average molecular weight is 400 g/mol. The molecule has 7 heteroatoms. The van der Waals surface area contributed by atoms with Crippen LogP contribution in [0.3, 0.4) is 0 Å². The van der Waals surface area contributed by atoms with Gasteiger partial charge in [-0.1, -0.05) is 18.5 Å². The van der Waals surface area contributed by atoms with E-state index in [1.807, 2.05) is 45.6 Å². The Morgan fingerprint density at radius 3 is 2.59 bits per heavy atom. The molecule has 0 saturated carbocycles. The third kappa shape index (κ3) is 3.98. The van der Waals surface area contributed by atoms with Crippen LogP contribution in [0.4, 0.5) is 0 Å². The number of piperidine rings is 1. The van der Waals surface area contributed by atoms with Crippen molar-refractivity contribution in [3.8, 4) is 17.1 Å². The van der Waals surface area contributed by atoms with Gasteiger partial charge in [0.1, 0.15) is 0 Å². The van der Waals surface area contributed by atoms with E-state index >= 15 is 0 Å². The fourth-order valence-corrected chi connectivity index (χ4v) is 4.03. The molecular formula is C20H22ClN5S. The molecule has 1 fully saturated rings. The van der Waals surface area contributed by atoms with Crippen molar-refractivity contribution in [2.75, 3.05) is 13.1 Å². The van der Waals surface area contributed by atoms with E-state index in [-0.39, 0.29) is 0 Å². The van der Waals surface area contributed by atoms with E-state index in [2.05, 4.69) is 16.8 Å². The summed E-state index contributed by atoms with van der Waals surface area (Å²) in [5.41, 5.74) is 1.94. The first kappa shape index (κ1) is 18.3. The summed E-state index contributed by atoms with van der Waals surface area (Å²) in [5, 5.41) is 5.57. The molecule has 27 heavy (non-hydrogen) atoms. The van der Waals surface area contributed by atoms with Crippen molar-refractivity contribution >= 4 is 23.8 Å². The second-order valence-corrected chi connectivity index (χ2v) is 7.92. The number of rotatable bonds is 4. The molecule has 1 atom stereocenters. The van der Waals surface area contributed by atoms with Crippen molar-refractivity contribution in [2.24, 2.45) is 5.92 Å². The Morgan fingerprint density at radius 2 is 1.89 bits per heavy atom. The Hall–Kier alpha value is -2.02. The van der Waals surface area contributed by atoms with Gasteiger partial charge in [-0.3, -0.25) is 14.5 Å². The molecule has 0 spiro atoms. The molecule has 0 aliphatic carbocycles. The Labute approximate surface area is 169 Å². The van der Waals surface area contributed by atoms with E-state index in [0.717, 1.165) is 30.2 Å². The summed E-state index contributed by atoms with van der Waals surface area (Å²) in [6.45, 7) is 5.19. The monoisotopic (exact) mass is 399 g/mol. The van der Waals surface area contributed by atoms with Crippen molar-refractivity contribution in [2.45, 2.75) is 26.4 Å². The molecule has 3 heterocycles. The number of nitrogens with zero attached hydrogens (tertiary/aromatic N) is 5. The lowest BCUT2D eigenvalue weighted by Crippen LogP contribution is -2.36. The first-order chi connectivity index (χ1) is 13.1. The van der Waals surface area contributed by atoms with Gasteiger partial charge in [-0.2, -0.15) is 0 Å². The van der Waals surface area contributed by atoms with Gasteiger partial charge in [0, 0.05) is 29.5 Å². The van der Waals surface area contributed by atoms with Crippen molar-refractivity contribution < 1.29 is 0 Å². The van der Waals surface area contributed by atoms with Gasteiger partial charge in [-0.25, -0.2) is 4.68 Å². The minimum absolute atomic E-state index is 0.683. The van der Waals surface area contributed by atoms with E-state index in [1.165, 1.54) is 12.8 Å². The molecule has 0 radical (unpaired) electrons. The second kappa shape index (κ2) is 7.92. The summed E-state index contributed by atoms with van der Waals surface area (Å²) < 4.78 is 4.62. The molecule has 1 aromatic carbocycles. The smallest absolute Gasteiger partial charge is 0.204 e. The summed E-state index contributed by atoms with van der Waals surface area (Å²) in [5.74, 6) is 1.53. The van der Waals surface area contributed by atoms with Gasteiger partial charge in [-0.05, 0) is 73.9 Å². The van der Waals surface area contributed by atoms with Crippen LogP contribution in [-0.4, -0.2) is 37.3 Å². The molecule has 1 saturated heterocycles. The maximum atomic E-state index is 6.07. The Balaban J connectivity index is 1.77. The van der Waals surface area contributed by atoms with Crippen LogP contribution in [0.15, 0.2) is 48.8 Å². The number of aromatic nitrogens is 4. The lowest BCUT2D eigenvalue weighted by molar-refractivity contribution is 0.138. The molecule has 1 aliphatic rings. The SMILES string of the molecule is C[C@@H]1CCCN(Cn2nc(-c3ccncc3)n(-c3ccc(Cl)cc3)c2=S)C1. The number of likely N-dealkylation sites (tertiary alicyclic amines) is 1. The molecule has 140 valence electrons. The zero-order valence-electron chi connectivity index (χ0n) is 15.3. The number of halogens is 1. The number of hydrogen-bond acceptors (Lipinski definition) is 4. The Kier molecular flexibility index (Phi) is 5.38. The average Bonchev–Trinajstić information content (AvgIpc) is 3.00. The lowest BCUT2D eigenvalue weighted by atomic mass is 10.0. The summed E-state index contributed by atoms with van der Waals surface area (Å²) in [7, 11) is 0. The highest BCUT2D eigenvalue weighted by Crippen LogP contribution is 2.24. The van der Waals surface area contributed by atoms with Gasteiger partial charge in [0.2, 0.25) is 4.77 Å². The second-order valence-electron chi connectivity index (χ2n) is 7.12. The highest BCUT2D eigenvalue weighted by molar-refractivity contribution is 7.71. The molecule has 0 bridgehead atoms. The zero-order chi connectivity index (χ0) is 18.8. The van der Waals surface area contributed by atoms with Crippen LogP contribution in [0.5, 0.6) is 0 Å². The van der Waals surface area contributed by atoms with Crippen LogP contribution < -0.4 is 0 Å². The van der Waals surface area contributed by atoms with Crippen LogP contribution in [0.25, 0.3) is 17.1 Å². The zero-order valence-corrected chi connectivity index (χ0v) is 16.8. The molecule has 2 aromatic heterocycles. The maximum Gasteiger partial charge on any atom is 0.204 e. The minimum Gasteiger partial charge on any atom is -0.284 e. The van der Waals surface area contributed by atoms with E-state index in [1.54, 1.807) is 12.4 Å². The molecule has 0 amide bonds. The van der Waals surface area contributed by atoms with Gasteiger partial charge >= 0.3 is 0 Å². The molecule has 5 nitrogen and oxygen atoms in total. The van der Waals surface area contributed by atoms with Crippen molar-refractivity contribution in [1.29, 1.82) is 0 Å². The van der Waals surface area contributed by atoms with Gasteiger partial charge in [0.05, 0.1) is 12.4 Å². The molecule has 0 N–H and O–H groups in total. The fourth-order valence-electron chi connectivity index (χ4n) is 3.62. The third-order valence-electron chi connectivity index (χ3n) is 4.94. The molecule has 1 aliphatic heterocycles. The highest BCUT2D eigenvalue weighted by atomic mass is 35.5. The van der Waals surface area contributed by atoms with E-state index in [0.29, 0.717) is 22.4 Å². The van der Waals surface area contributed by atoms with E-state index in [9.17, 15) is 0 Å². The maximum absolute atomic E-state index is 6.07. The van der Waals surface area contributed by atoms with Gasteiger partial charge in [-0.15, -0.1) is 5.10 Å². The van der Waals surface area contributed by atoms with Gasteiger partial charge in [0.25, 0.3) is 0 Å². The molecule has 4 rings (SSSR count). The highest BCUT2D eigenvalue weighted by Gasteiger charge is 2.20. The van der Waals surface area contributed by atoms with Crippen molar-refractivity contribution in [3.05, 3.63) is 58.6 Å². The molecule has 3 aromatic rings. The summed E-state index contributed by atoms with van der Waals surface area (Å²) in [6.07, 6.45) is 6.07. The quantitative estimate of drug-likeness (QED) is 0.590. The first-order valence-electron chi connectivity index (χ1n) is 9.20.